The van der Waals surface area contributed by atoms with Crippen LogP contribution in [0.2, 0.25) is 0 Å². The van der Waals surface area contributed by atoms with Crippen LogP contribution in [-0.2, 0) is 16.1 Å². The molecule has 0 radical (unpaired) electrons. The van der Waals surface area contributed by atoms with Gasteiger partial charge in [0.05, 0.1) is 14.8 Å². The number of hydrogen-bond acceptors (Lipinski definition) is 5. The second-order valence-corrected chi connectivity index (χ2v) is 9.40. The molecule has 1 aromatic carbocycles. The second-order valence-electron chi connectivity index (χ2n) is 6.91. The van der Waals surface area contributed by atoms with E-state index in [-0.39, 0.29) is 30.1 Å². The van der Waals surface area contributed by atoms with Crippen LogP contribution in [-0.4, -0.2) is 33.1 Å². The molecule has 0 fully saturated rings. The van der Waals surface area contributed by atoms with Gasteiger partial charge in [-0.25, -0.2) is 4.98 Å². The van der Waals surface area contributed by atoms with Gasteiger partial charge in [0.2, 0.25) is 5.91 Å². The van der Waals surface area contributed by atoms with E-state index in [4.69, 9.17) is 5.11 Å². The van der Waals surface area contributed by atoms with Crippen molar-refractivity contribution in [3.05, 3.63) is 61.1 Å². The molecule has 0 aliphatic carbocycles. The van der Waals surface area contributed by atoms with Gasteiger partial charge in [0, 0.05) is 17.8 Å². The zero-order chi connectivity index (χ0) is 22.2. The number of carbonyl (C=O) groups is 2. The third kappa shape index (κ3) is 6.60. The standard InChI is InChI=1S/C22H22BrN3O4S/c23-19-12-10-15(31-19)9-11-17-22(30)26(18-7-4-3-6-16(18)25-17)14-20(27)24-13-5-1-2-8-21(28)29/h3-4,6-7,9-12H,1-2,5,8,13-14H2,(H,24,27)(H,28,29)/b11-9+. The Kier molecular flexibility index (Phi) is 8.13. The van der Waals surface area contributed by atoms with Crippen LogP contribution in [0.25, 0.3) is 23.2 Å². The summed E-state index contributed by atoms with van der Waals surface area (Å²) in [6.45, 7) is 0.332. The first kappa shape index (κ1) is 22.9. The summed E-state index contributed by atoms with van der Waals surface area (Å²) in [4.78, 5) is 41.4. The van der Waals surface area contributed by atoms with E-state index < -0.39 is 5.97 Å². The van der Waals surface area contributed by atoms with Gasteiger partial charge in [-0.2, -0.15) is 0 Å². The van der Waals surface area contributed by atoms with Crippen LogP contribution in [0.1, 0.15) is 36.3 Å². The summed E-state index contributed by atoms with van der Waals surface area (Å²) in [6, 6.07) is 11.1. The number of unbranched alkanes of at least 4 members (excludes halogenated alkanes) is 2. The lowest BCUT2D eigenvalue weighted by Gasteiger charge is -2.11. The molecule has 7 nitrogen and oxygen atoms in total. The molecule has 3 aromatic rings. The van der Waals surface area contributed by atoms with Crippen molar-refractivity contribution in [1.29, 1.82) is 0 Å². The Morgan fingerprint density at radius 2 is 1.94 bits per heavy atom. The fraction of sp³-hybridized carbons (Fsp3) is 0.273. The van der Waals surface area contributed by atoms with Crippen LogP contribution in [0.3, 0.4) is 0 Å². The van der Waals surface area contributed by atoms with Gasteiger partial charge in [-0.1, -0.05) is 18.6 Å². The largest absolute Gasteiger partial charge is 0.481 e. The van der Waals surface area contributed by atoms with Crippen molar-refractivity contribution in [2.45, 2.75) is 32.2 Å². The van der Waals surface area contributed by atoms with Crippen molar-refractivity contribution in [3.63, 3.8) is 0 Å². The van der Waals surface area contributed by atoms with Crippen LogP contribution in [0.5, 0.6) is 0 Å². The van der Waals surface area contributed by atoms with E-state index in [1.165, 1.54) is 4.57 Å². The Labute approximate surface area is 191 Å². The molecule has 162 valence electrons. The van der Waals surface area contributed by atoms with E-state index >= 15 is 0 Å². The quantitative estimate of drug-likeness (QED) is 0.404. The second kappa shape index (κ2) is 11.0. The van der Waals surface area contributed by atoms with Gasteiger partial charge in [0.15, 0.2) is 0 Å². The summed E-state index contributed by atoms with van der Waals surface area (Å²) in [5, 5.41) is 11.5. The van der Waals surface area contributed by atoms with Gasteiger partial charge in [-0.15, -0.1) is 11.3 Å². The number of benzene rings is 1. The smallest absolute Gasteiger partial charge is 0.303 e. The average molecular weight is 504 g/mol. The summed E-state index contributed by atoms with van der Waals surface area (Å²) in [5.41, 5.74) is 1.17. The van der Waals surface area contributed by atoms with Crippen molar-refractivity contribution in [2.75, 3.05) is 6.54 Å². The molecule has 0 saturated heterocycles. The molecule has 3 rings (SSSR count). The third-order valence-corrected chi connectivity index (χ3v) is 6.16. The maximum atomic E-state index is 13.0. The minimum atomic E-state index is -0.815. The molecule has 0 aliphatic rings. The zero-order valence-electron chi connectivity index (χ0n) is 16.7. The highest BCUT2D eigenvalue weighted by molar-refractivity contribution is 9.11. The monoisotopic (exact) mass is 503 g/mol. The Morgan fingerprint density at radius 1 is 1.13 bits per heavy atom. The Morgan fingerprint density at radius 3 is 2.68 bits per heavy atom. The molecular weight excluding hydrogens is 482 g/mol. The van der Waals surface area contributed by atoms with Crippen LogP contribution in [0.15, 0.2) is 45.0 Å². The number of aliphatic carboxylic acids is 1. The number of carboxylic acids is 1. The molecule has 0 bridgehead atoms. The predicted octanol–water partition coefficient (Wildman–Crippen LogP) is 4.15. The number of aromatic nitrogens is 2. The number of carboxylic acid groups (broad SMARTS) is 1. The number of fused-ring (bicyclic) bond motifs is 1. The number of nitrogens with one attached hydrogen (secondary N) is 1. The van der Waals surface area contributed by atoms with Gasteiger partial charge in [-0.3, -0.25) is 19.0 Å². The molecule has 2 heterocycles. The number of rotatable bonds is 10. The first-order chi connectivity index (χ1) is 14.9. The van der Waals surface area contributed by atoms with Crippen LogP contribution >= 0.6 is 27.3 Å². The molecule has 0 aliphatic heterocycles. The summed E-state index contributed by atoms with van der Waals surface area (Å²) in [7, 11) is 0. The van der Waals surface area contributed by atoms with Crippen LogP contribution < -0.4 is 10.9 Å². The fourth-order valence-electron chi connectivity index (χ4n) is 3.06. The molecule has 9 heteroatoms. The fourth-order valence-corrected chi connectivity index (χ4v) is 4.39. The van der Waals surface area contributed by atoms with Crippen molar-refractivity contribution in [3.8, 4) is 0 Å². The van der Waals surface area contributed by atoms with Crippen LogP contribution in [0.4, 0.5) is 0 Å². The van der Waals surface area contributed by atoms with Gasteiger partial charge in [-0.05, 0) is 65.2 Å². The molecule has 31 heavy (non-hydrogen) atoms. The number of amides is 1. The SMILES string of the molecule is O=C(O)CCCCCNC(=O)Cn1c(=O)c(/C=C/c2ccc(Br)s2)nc2ccccc21. The number of para-hydroxylation sites is 2. The number of halogens is 1. The average Bonchev–Trinajstić information content (AvgIpc) is 3.16. The maximum absolute atomic E-state index is 13.0. The predicted molar refractivity (Wildman–Crippen MR) is 126 cm³/mol. The molecule has 2 aromatic heterocycles. The Hall–Kier alpha value is -2.78. The number of carbonyl (C=O) groups excluding carboxylic acids is 1. The van der Waals surface area contributed by atoms with Gasteiger partial charge >= 0.3 is 5.97 Å². The van der Waals surface area contributed by atoms with E-state index in [0.717, 1.165) is 15.1 Å². The van der Waals surface area contributed by atoms with Crippen molar-refractivity contribution in [1.82, 2.24) is 14.9 Å². The van der Waals surface area contributed by atoms with E-state index in [1.807, 2.05) is 30.3 Å². The Balaban J connectivity index is 1.73. The zero-order valence-corrected chi connectivity index (χ0v) is 19.1. The normalized spacial score (nSPS) is 11.3. The summed E-state index contributed by atoms with van der Waals surface area (Å²) in [5.74, 6) is -1.08. The van der Waals surface area contributed by atoms with Crippen molar-refractivity contribution < 1.29 is 14.7 Å². The molecular formula is C22H22BrN3O4S. The molecule has 0 spiro atoms. The lowest BCUT2D eigenvalue weighted by atomic mass is 10.2. The van der Waals surface area contributed by atoms with Gasteiger partial charge < -0.3 is 10.4 Å². The van der Waals surface area contributed by atoms with E-state index in [1.54, 1.807) is 29.5 Å². The highest BCUT2D eigenvalue weighted by atomic mass is 79.9. The van der Waals surface area contributed by atoms with E-state index in [2.05, 4.69) is 26.2 Å². The number of hydrogen-bond donors (Lipinski definition) is 2. The first-order valence-corrected chi connectivity index (χ1v) is 11.5. The number of thiophene rings is 1. The summed E-state index contributed by atoms with van der Waals surface area (Å²) < 4.78 is 2.43. The molecule has 0 unspecified atom stereocenters. The van der Waals surface area contributed by atoms with Crippen LogP contribution in [0, 0.1) is 0 Å². The van der Waals surface area contributed by atoms with Gasteiger partial charge in [0.1, 0.15) is 12.2 Å². The highest BCUT2D eigenvalue weighted by Crippen LogP contribution is 2.23. The molecule has 0 saturated carbocycles. The number of nitrogens with zero attached hydrogens (tertiary/aromatic N) is 2. The van der Waals surface area contributed by atoms with E-state index in [9.17, 15) is 14.4 Å². The molecule has 0 atom stereocenters. The van der Waals surface area contributed by atoms with Crippen molar-refractivity contribution in [2.24, 2.45) is 0 Å². The minimum absolute atomic E-state index is 0.109. The maximum Gasteiger partial charge on any atom is 0.303 e. The summed E-state index contributed by atoms with van der Waals surface area (Å²) in [6.07, 6.45) is 5.62. The van der Waals surface area contributed by atoms with Crippen molar-refractivity contribution >= 4 is 62.3 Å². The highest BCUT2D eigenvalue weighted by Gasteiger charge is 2.12. The summed E-state index contributed by atoms with van der Waals surface area (Å²) >= 11 is 4.96. The lowest BCUT2D eigenvalue weighted by molar-refractivity contribution is -0.137. The van der Waals surface area contributed by atoms with E-state index in [0.29, 0.717) is 30.4 Å². The Bertz CT molecular complexity index is 1170. The minimum Gasteiger partial charge on any atom is -0.481 e. The first-order valence-electron chi connectivity index (χ1n) is 9.85. The molecule has 2 N–H and O–H groups in total. The third-order valence-electron chi connectivity index (χ3n) is 4.57. The topological polar surface area (TPSA) is 101 Å². The van der Waals surface area contributed by atoms with Gasteiger partial charge in [0.25, 0.3) is 5.56 Å². The molecule has 1 amide bonds. The lowest BCUT2D eigenvalue weighted by Crippen LogP contribution is -2.34.